The average molecular weight is 377 g/mol. The van der Waals surface area contributed by atoms with Gasteiger partial charge in [0.25, 0.3) is 0 Å². The van der Waals surface area contributed by atoms with Gasteiger partial charge in [-0.25, -0.2) is 4.79 Å². The molecular formula is C20H27NO6. The second-order valence-electron chi connectivity index (χ2n) is 7.06. The molecule has 0 saturated heterocycles. The normalized spacial score (nSPS) is 12.0. The maximum atomic E-state index is 12.3. The van der Waals surface area contributed by atoms with Crippen molar-refractivity contribution in [3.63, 3.8) is 0 Å². The van der Waals surface area contributed by atoms with Crippen molar-refractivity contribution in [1.82, 2.24) is 4.90 Å². The standard InChI is InChI=1S/C20H27NO6/c1-5-11-26-19(25)21(14-17(22)27-20(2,3)4)13-16(18(23)24)12-15-9-7-6-8-10-15/h5-10,16H,1,11-14H2,2-4H3,(H,23,24). The predicted molar refractivity (Wildman–Crippen MR) is 100 cm³/mol. The highest BCUT2D eigenvalue weighted by Crippen LogP contribution is 2.13. The van der Waals surface area contributed by atoms with Crippen LogP contribution in [0.2, 0.25) is 0 Å². The number of carbonyl (C=O) groups is 3. The topological polar surface area (TPSA) is 93.1 Å². The Kier molecular flexibility index (Phi) is 8.51. The fourth-order valence-corrected chi connectivity index (χ4v) is 2.35. The molecule has 0 aromatic heterocycles. The van der Waals surface area contributed by atoms with Crippen LogP contribution in [0, 0.1) is 5.92 Å². The Labute approximate surface area is 159 Å². The summed E-state index contributed by atoms with van der Waals surface area (Å²) in [7, 11) is 0. The van der Waals surface area contributed by atoms with Gasteiger partial charge in [-0.3, -0.25) is 14.5 Å². The highest BCUT2D eigenvalue weighted by atomic mass is 16.6. The maximum absolute atomic E-state index is 12.3. The van der Waals surface area contributed by atoms with Gasteiger partial charge in [-0.2, -0.15) is 0 Å². The lowest BCUT2D eigenvalue weighted by Gasteiger charge is -2.26. The van der Waals surface area contributed by atoms with Crippen LogP contribution in [0.5, 0.6) is 0 Å². The monoisotopic (exact) mass is 377 g/mol. The van der Waals surface area contributed by atoms with E-state index < -0.39 is 36.1 Å². The minimum Gasteiger partial charge on any atom is -0.481 e. The largest absolute Gasteiger partial charge is 0.481 e. The van der Waals surface area contributed by atoms with Crippen LogP contribution in [0.15, 0.2) is 43.0 Å². The minimum absolute atomic E-state index is 0.0416. The summed E-state index contributed by atoms with van der Waals surface area (Å²) in [5.74, 6) is -2.60. The van der Waals surface area contributed by atoms with Gasteiger partial charge in [0.15, 0.2) is 0 Å². The molecule has 0 aliphatic rings. The van der Waals surface area contributed by atoms with E-state index in [2.05, 4.69) is 6.58 Å². The Morgan fingerprint density at radius 1 is 1.22 bits per heavy atom. The molecule has 1 aromatic rings. The summed E-state index contributed by atoms with van der Waals surface area (Å²) in [4.78, 5) is 37.1. The molecule has 7 nitrogen and oxygen atoms in total. The first-order valence-corrected chi connectivity index (χ1v) is 8.63. The Hall–Kier alpha value is -2.83. The average Bonchev–Trinajstić information content (AvgIpc) is 2.57. The Bertz CT molecular complexity index is 650. The Morgan fingerprint density at radius 2 is 1.85 bits per heavy atom. The first kappa shape index (κ1) is 22.2. The van der Waals surface area contributed by atoms with Crippen LogP contribution in [0.3, 0.4) is 0 Å². The van der Waals surface area contributed by atoms with Gasteiger partial charge in [0.2, 0.25) is 0 Å². The van der Waals surface area contributed by atoms with Crippen molar-refractivity contribution in [1.29, 1.82) is 0 Å². The molecule has 148 valence electrons. The molecule has 0 heterocycles. The number of rotatable bonds is 9. The van der Waals surface area contributed by atoms with E-state index in [1.165, 1.54) is 6.08 Å². The second-order valence-corrected chi connectivity index (χ2v) is 7.06. The van der Waals surface area contributed by atoms with Crippen LogP contribution < -0.4 is 0 Å². The Morgan fingerprint density at radius 3 is 2.37 bits per heavy atom. The number of carbonyl (C=O) groups excluding carboxylic acids is 2. The molecule has 0 saturated carbocycles. The van der Waals surface area contributed by atoms with Gasteiger partial charge in [0.05, 0.1) is 5.92 Å². The van der Waals surface area contributed by atoms with Gasteiger partial charge in [0.1, 0.15) is 18.8 Å². The van der Waals surface area contributed by atoms with Crippen molar-refractivity contribution in [2.45, 2.75) is 32.8 Å². The van der Waals surface area contributed by atoms with Crippen LogP contribution >= 0.6 is 0 Å². The molecule has 0 fully saturated rings. The van der Waals surface area contributed by atoms with E-state index in [-0.39, 0.29) is 19.6 Å². The zero-order valence-electron chi connectivity index (χ0n) is 16.0. The van der Waals surface area contributed by atoms with E-state index >= 15 is 0 Å². The van der Waals surface area contributed by atoms with Crippen molar-refractivity contribution in [2.24, 2.45) is 5.92 Å². The Balaban J connectivity index is 2.90. The van der Waals surface area contributed by atoms with Crippen LogP contribution in [-0.2, 0) is 25.5 Å². The molecule has 0 aliphatic carbocycles. The molecule has 1 aromatic carbocycles. The van der Waals surface area contributed by atoms with E-state index in [1.54, 1.807) is 20.8 Å². The summed E-state index contributed by atoms with van der Waals surface area (Å²) in [6, 6.07) is 9.07. The smallest absolute Gasteiger partial charge is 0.410 e. The lowest BCUT2D eigenvalue weighted by atomic mass is 9.99. The summed E-state index contributed by atoms with van der Waals surface area (Å²) < 4.78 is 10.2. The number of ether oxygens (including phenoxy) is 2. The number of nitrogens with zero attached hydrogens (tertiary/aromatic N) is 1. The zero-order chi connectivity index (χ0) is 20.4. The fourth-order valence-electron chi connectivity index (χ4n) is 2.35. The van der Waals surface area contributed by atoms with Crippen LogP contribution in [0.25, 0.3) is 0 Å². The lowest BCUT2D eigenvalue weighted by molar-refractivity contribution is -0.156. The minimum atomic E-state index is -1.07. The maximum Gasteiger partial charge on any atom is 0.410 e. The van der Waals surface area contributed by atoms with Gasteiger partial charge in [0, 0.05) is 6.54 Å². The van der Waals surface area contributed by atoms with Crippen molar-refractivity contribution in [3.05, 3.63) is 48.6 Å². The predicted octanol–water partition coefficient (Wildman–Crippen LogP) is 2.90. The van der Waals surface area contributed by atoms with Gasteiger partial charge in [-0.05, 0) is 32.8 Å². The number of aliphatic carboxylic acids is 1. The summed E-state index contributed by atoms with van der Waals surface area (Å²) in [5, 5.41) is 9.55. The summed E-state index contributed by atoms with van der Waals surface area (Å²) >= 11 is 0. The number of carboxylic acid groups (broad SMARTS) is 1. The molecule has 1 unspecified atom stereocenters. The van der Waals surface area contributed by atoms with Crippen LogP contribution in [0.1, 0.15) is 26.3 Å². The van der Waals surface area contributed by atoms with E-state index in [1.807, 2.05) is 30.3 Å². The number of hydrogen-bond donors (Lipinski definition) is 1. The van der Waals surface area contributed by atoms with Crippen molar-refractivity contribution < 1.29 is 29.0 Å². The highest BCUT2D eigenvalue weighted by molar-refractivity contribution is 5.79. The molecule has 1 amide bonds. The first-order valence-electron chi connectivity index (χ1n) is 8.63. The molecule has 1 rings (SSSR count). The van der Waals surface area contributed by atoms with Gasteiger partial charge >= 0.3 is 18.0 Å². The van der Waals surface area contributed by atoms with E-state index in [0.29, 0.717) is 0 Å². The third-order valence-corrected chi connectivity index (χ3v) is 3.44. The van der Waals surface area contributed by atoms with Crippen molar-refractivity contribution in [3.8, 4) is 0 Å². The van der Waals surface area contributed by atoms with E-state index in [4.69, 9.17) is 9.47 Å². The third-order valence-electron chi connectivity index (χ3n) is 3.44. The SMILES string of the molecule is C=CCOC(=O)N(CC(=O)OC(C)(C)C)CC(Cc1ccccc1)C(=O)O. The first-order chi connectivity index (χ1) is 12.6. The van der Waals surface area contributed by atoms with Gasteiger partial charge in [-0.15, -0.1) is 0 Å². The molecular weight excluding hydrogens is 350 g/mol. The fraction of sp³-hybridized carbons (Fsp3) is 0.450. The molecule has 1 N–H and O–H groups in total. The number of hydrogen-bond acceptors (Lipinski definition) is 5. The summed E-state index contributed by atoms with van der Waals surface area (Å²) in [6.07, 6.45) is 0.817. The number of amides is 1. The van der Waals surface area contributed by atoms with Gasteiger partial charge in [-0.1, -0.05) is 43.0 Å². The van der Waals surface area contributed by atoms with E-state index in [0.717, 1.165) is 10.5 Å². The number of carboxylic acids is 1. The molecule has 7 heteroatoms. The summed E-state index contributed by atoms with van der Waals surface area (Å²) in [6.45, 7) is 7.97. The van der Waals surface area contributed by atoms with Crippen LogP contribution in [0.4, 0.5) is 4.79 Å². The molecule has 0 radical (unpaired) electrons. The molecule has 1 atom stereocenters. The van der Waals surface area contributed by atoms with Crippen molar-refractivity contribution >= 4 is 18.0 Å². The number of benzene rings is 1. The molecule has 27 heavy (non-hydrogen) atoms. The quantitative estimate of drug-likeness (QED) is 0.525. The van der Waals surface area contributed by atoms with Crippen molar-refractivity contribution in [2.75, 3.05) is 19.7 Å². The third kappa shape index (κ3) is 8.89. The second kappa shape index (κ2) is 10.4. The van der Waals surface area contributed by atoms with Gasteiger partial charge < -0.3 is 14.6 Å². The molecule has 0 spiro atoms. The lowest BCUT2D eigenvalue weighted by Crippen LogP contribution is -2.43. The van der Waals surface area contributed by atoms with E-state index in [9.17, 15) is 19.5 Å². The molecule has 0 aliphatic heterocycles. The van der Waals surface area contributed by atoms with Crippen LogP contribution in [-0.4, -0.2) is 53.3 Å². The highest BCUT2D eigenvalue weighted by Gasteiger charge is 2.28. The number of esters is 1. The zero-order valence-corrected chi connectivity index (χ0v) is 16.0. The molecule has 0 bridgehead atoms. The summed E-state index contributed by atoms with van der Waals surface area (Å²) in [5.41, 5.74) is 0.103.